The molecule has 0 bridgehead atoms. The molecule has 200 valence electrons. The zero-order valence-electron chi connectivity index (χ0n) is 23.2. The van der Waals surface area contributed by atoms with Gasteiger partial charge in [0, 0.05) is 0 Å². The van der Waals surface area contributed by atoms with Gasteiger partial charge in [0.15, 0.2) is 0 Å². The molecule has 0 amide bonds. The van der Waals surface area contributed by atoms with E-state index in [1.54, 1.807) is 18.3 Å². The molecule has 4 aliphatic rings. The summed E-state index contributed by atoms with van der Waals surface area (Å²) in [6.07, 6.45) is 12.1. The summed E-state index contributed by atoms with van der Waals surface area (Å²) in [6, 6.07) is 0. The molecule has 4 aliphatic carbocycles. The van der Waals surface area contributed by atoms with Gasteiger partial charge in [-0.25, -0.2) is 0 Å². The molecule has 0 heterocycles. The SMILES string of the molecule is CO/N=C1\CC[C@]2(C)C3=C(CC[C@H]2C1(CO)CO)[C@]1(C)CC[C@H]([C@H](C)CCCC(C)(C)O)C1CC3. The van der Waals surface area contributed by atoms with E-state index in [0.29, 0.717) is 11.3 Å². The highest BCUT2D eigenvalue weighted by Gasteiger charge is 2.61. The number of allylic oxidation sites excluding steroid dienone is 2. The number of hydrogen-bond acceptors (Lipinski definition) is 5. The Labute approximate surface area is 213 Å². The largest absolute Gasteiger partial charge is 0.399 e. The van der Waals surface area contributed by atoms with E-state index in [9.17, 15) is 15.3 Å². The van der Waals surface area contributed by atoms with Gasteiger partial charge in [0.1, 0.15) is 7.11 Å². The summed E-state index contributed by atoms with van der Waals surface area (Å²) in [6.45, 7) is 11.1. The number of oxime groups is 1. The lowest BCUT2D eigenvalue weighted by Gasteiger charge is -2.59. The van der Waals surface area contributed by atoms with Gasteiger partial charge >= 0.3 is 0 Å². The lowest BCUT2D eigenvalue weighted by molar-refractivity contribution is -0.0270. The van der Waals surface area contributed by atoms with Crippen molar-refractivity contribution in [2.24, 2.45) is 45.1 Å². The minimum absolute atomic E-state index is 0.0101. The molecular weight excluding hydrogens is 438 g/mol. The Kier molecular flexibility index (Phi) is 7.57. The van der Waals surface area contributed by atoms with E-state index in [4.69, 9.17) is 4.84 Å². The molecule has 0 aliphatic heterocycles. The zero-order chi connectivity index (χ0) is 25.6. The number of hydrogen-bond donors (Lipinski definition) is 3. The third kappa shape index (κ3) is 4.42. The second-order valence-corrected chi connectivity index (χ2v) is 13.6. The average Bonchev–Trinajstić information content (AvgIpc) is 3.16. The molecule has 0 aromatic rings. The molecule has 3 N–H and O–H groups in total. The first-order chi connectivity index (χ1) is 16.5. The fraction of sp³-hybridized carbons (Fsp3) is 0.900. The molecular formula is C30H51NO4. The summed E-state index contributed by atoms with van der Waals surface area (Å²) in [5, 5.41) is 35.6. The molecule has 0 saturated heterocycles. The number of rotatable bonds is 8. The summed E-state index contributed by atoms with van der Waals surface area (Å²) in [5.41, 5.74) is 3.29. The van der Waals surface area contributed by atoms with E-state index in [2.05, 4.69) is 25.9 Å². The maximum atomic E-state index is 10.6. The van der Waals surface area contributed by atoms with Gasteiger partial charge in [-0.3, -0.25) is 0 Å². The minimum Gasteiger partial charge on any atom is -0.399 e. The Morgan fingerprint density at radius 1 is 1.00 bits per heavy atom. The number of fused-ring (bicyclic) bond motifs is 4. The molecule has 0 radical (unpaired) electrons. The minimum atomic E-state index is -0.688. The van der Waals surface area contributed by atoms with Crippen LogP contribution in [-0.2, 0) is 4.84 Å². The molecule has 1 unspecified atom stereocenters. The fourth-order valence-corrected chi connectivity index (χ4v) is 9.40. The summed E-state index contributed by atoms with van der Waals surface area (Å²) in [7, 11) is 1.56. The molecule has 2 fully saturated rings. The van der Waals surface area contributed by atoms with Crippen LogP contribution >= 0.6 is 0 Å². The highest BCUT2D eigenvalue weighted by atomic mass is 16.6. The van der Waals surface area contributed by atoms with E-state index < -0.39 is 11.0 Å². The predicted octanol–water partition coefficient (Wildman–Crippen LogP) is 5.87. The quantitative estimate of drug-likeness (QED) is 0.294. The number of aliphatic hydroxyl groups excluding tert-OH is 2. The Bertz CT molecular complexity index is 838. The Morgan fingerprint density at radius 3 is 2.29 bits per heavy atom. The van der Waals surface area contributed by atoms with E-state index in [1.165, 1.54) is 32.1 Å². The normalized spacial score (nSPS) is 38.7. The Hall–Kier alpha value is -0.910. The van der Waals surface area contributed by atoms with E-state index in [-0.39, 0.29) is 24.5 Å². The predicted molar refractivity (Wildman–Crippen MR) is 141 cm³/mol. The molecule has 4 rings (SSSR count). The highest BCUT2D eigenvalue weighted by molar-refractivity contribution is 5.91. The maximum Gasteiger partial charge on any atom is 0.106 e. The summed E-state index contributed by atoms with van der Waals surface area (Å²) >= 11 is 0. The van der Waals surface area contributed by atoms with Crippen LogP contribution in [0.5, 0.6) is 0 Å². The summed E-state index contributed by atoms with van der Waals surface area (Å²) in [5.74, 6) is 2.44. The maximum absolute atomic E-state index is 10.6. The van der Waals surface area contributed by atoms with Crippen molar-refractivity contribution in [3.63, 3.8) is 0 Å². The molecule has 35 heavy (non-hydrogen) atoms. The Balaban J connectivity index is 1.60. The molecule has 0 spiro atoms. The zero-order valence-corrected chi connectivity index (χ0v) is 23.2. The van der Waals surface area contributed by atoms with Crippen molar-refractivity contribution >= 4 is 5.71 Å². The highest BCUT2D eigenvalue weighted by Crippen LogP contribution is 2.68. The third-order valence-electron chi connectivity index (χ3n) is 11.3. The standard InChI is InChI=1S/C30H51NO4/c1-20(8-7-15-27(2,3)34)21-13-16-28(4)22(21)9-10-24-23(28)11-12-25-29(24,5)17-14-26(31-35-6)30(25,18-32)19-33/h20-22,25,32-34H,7-19H2,1-6H3/b31-26+/t20-,21-,22?,25-,28-,29-/m1/s1. The van der Waals surface area contributed by atoms with E-state index in [0.717, 1.165) is 56.1 Å². The number of aliphatic hydroxyl groups is 3. The van der Waals surface area contributed by atoms with Crippen LogP contribution in [0.4, 0.5) is 0 Å². The smallest absolute Gasteiger partial charge is 0.106 e. The van der Waals surface area contributed by atoms with E-state index >= 15 is 0 Å². The van der Waals surface area contributed by atoms with Crippen molar-refractivity contribution in [3.8, 4) is 0 Å². The first-order valence-electron chi connectivity index (χ1n) is 14.2. The van der Waals surface area contributed by atoms with Crippen molar-refractivity contribution in [2.45, 2.75) is 111 Å². The molecule has 0 aromatic heterocycles. The van der Waals surface area contributed by atoms with Crippen LogP contribution in [-0.4, -0.2) is 47.0 Å². The van der Waals surface area contributed by atoms with Gasteiger partial charge in [-0.15, -0.1) is 0 Å². The van der Waals surface area contributed by atoms with Crippen LogP contribution in [0.15, 0.2) is 16.3 Å². The fourth-order valence-electron chi connectivity index (χ4n) is 9.40. The van der Waals surface area contributed by atoms with Crippen LogP contribution in [0.25, 0.3) is 0 Å². The second-order valence-electron chi connectivity index (χ2n) is 13.6. The van der Waals surface area contributed by atoms with Crippen LogP contribution < -0.4 is 0 Å². The first-order valence-corrected chi connectivity index (χ1v) is 14.2. The van der Waals surface area contributed by atoms with Crippen molar-refractivity contribution in [2.75, 3.05) is 20.3 Å². The van der Waals surface area contributed by atoms with Crippen LogP contribution in [0.2, 0.25) is 0 Å². The molecule has 6 atom stereocenters. The van der Waals surface area contributed by atoms with Crippen LogP contribution in [0.1, 0.15) is 105 Å². The lowest BCUT2D eigenvalue weighted by Crippen LogP contribution is -2.58. The van der Waals surface area contributed by atoms with Gasteiger partial charge in [0.25, 0.3) is 0 Å². The third-order valence-corrected chi connectivity index (χ3v) is 11.3. The Morgan fingerprint density at radius 2 is 1.66 bits per heavy atom. The van der Waals surface area contributed by atoms with Crippen molar-refractivity contribution < 1.29 is 20.2 Å². The van der Waals surface area contributed by atoms with Gasteiger partial charge in [-0.1, -0.05) is 49.9 Å². The topological polar surface area (TPSA) is 82.3 Å². The van der Waals surface area contributed by atoms with Crippen LogP contribution in [0.3, 0.4) is 0 Å². The van der Waals surface area contributed by atoms with Gasteiger partial charge in [-0.2, -0.15) is 0 Å². The lowest BCUT2D eigenvalue weighted by atomic mass is 9.45. The van der Waals surface area contributed by atoms with E-state index in [1.807, 2.05) is 13.8 Å². The molecule has 0 aromatic carbocycles. The van der Waals surface area contributed by atoms with Gasteiger partial charge in [0.05, 0.1) is 29.9 Å². The summed E-state index contributed by atoms with van der Waals surface area (Å²) in [4.78, 5) is 5.15. The summed E-state index contributed by atoms with van der Waals surface area (Å²) < 4.78 is 0. The average molecular weight is 490 g/mol. The monoisotopic (exact) mass is 489 g/mol. The number of nitrogens with zero attached hydrogens (tertiary/aromatic N) is 1. The molecule has 5 heteroatoms. The van der Waals surface area contributed by atoms with Gasteiger partial charge in [-0.05, 0) is 106 Å². The van der Waals surface area contributed by atoms with Crippen molar-refractivity contribution in [1.29, 1.82) is 0 Å². The van der Waals surface area contributed by atoms with Gasteiger partial charge < -0.3 is 20.2 Å². The second kappa shape index (κ2) is 9.76. The molecule has 5 nitrogen and oxygen atoms in total. The van der Waals surface area contributed by atoms with Crippen molar-refractivity contribution in [3.05, 3.63) is 11.1 Å². The first kappa shape index (κ1) is 27.1. The van der Waals surface area contributed by atoms with Crippen molar-refractivity contribution in [1.82, 2.24) is 0 Å². The van der Waals surface area contributed by atoms with Gasteiger partial charge in [0.2, 0.25) is 0 Å². The molecule has 2 saturated carbocycles. The van der Waals surface area contributed by atoms with Crippen LogP contribution in [0, 0.1) is 39.9 Å².